The predicted octanol–water partition coefficient (Wildman–Crippen LogP) is 4.27. The first-order chi connectivity index (χ1) is 15.5. The lowest BCUT2D eigenvalue weighted by Crippen LogP contribution is -2.40. The van der Waals surface area contributed by atoms with Crippen LogP contribution in [0, 0.1) is 0 Å². The van der Waals surface area contributed by atoms with E-state index in [1.807, 2.05) is 0 Å². The zero-order valence-corrected chi connectivity index (χ0v) is 17.1. The molecule has 13 heteroatoms. The van der Waals surface area contributed by atoms with Crippen LogP contribution in [-0.2, 0) is 12.7 Å². The smallest absolute Gasteiger partial charge is 0.368 e. The van der Waals surface area contributed by atoms with E-state index < -0.39 is 30.5 Å². The SMILES string of the molecule is O=C(N[C@H]1CC[C@@H](Nc2cccc3nc(C(F)(F)F)cn23)CC1)c1cnn(CC(F)(F)F)c1. The molecule has 1 amide bonds. The van der Waals surface area contributed by atoms with Crippen LogP contribution in [0.4, 0.5) is 32.2 Å². The maximum absolute atomic E-state index is 13.0. The summed E-state index contributed by atoms with van der Waals surface area (Å²) < 4.78 is 78.2. The Morgan fingerprint density at radius 3 is 2.39 bits per heavy atom. The topological polar surface area (TPSA) is 76.2 Å². The number of aromatic nitrogens is 4. The summed E-state index contributed by atoms with van der Waals surface area (Å²) >= 11 is 0. The number of imidazole rings is 1. The summed E-state index contributed by atoms with van der Waals surface area (Å²) in [5, 5.41) is 9.61. The van der Waals surface area contributed by atoms with Gasteiger partial charge in [-0.05, 0) is 37.8 Å². The van der Waals surface area contributed by atoms with Crippen molar-refractivity contribution in [1.82, 2.24) is 24.5 Å². The molecule has 0 atom stereocenters. The lowest BCUT2D eigenvalue weighted by Gasteiger charge is -2.30. The molecule has 1 aliphatic carbocycles. The van der Waals surface area contributed by atoms with E-state index in [-0.39, 0.29) is 23.3 Å². The molecule has 0 aliphatic heterocycles. The lowest BCUT2D eigenvalue weighted by molar-refractivity contribution is -0.142. The monoisotopic (exact) mass is 474 g/mol. The first-order valence-electron chi connectivity index (χ1n) is 10.2. The molecule has 7 nitrogen and oxygen atoms in total. The fourth-order valence-corrected chi connectivity index (χ4v) is 3.88. The maximum Gasteiger partial charge on any atom is 0.434 e. The van der Waals surface area contributed by atoms with Gasteiger partial charge < -0.3 is 10.6 Å². The molecular formula is C20H20F6N6O. The van der Waals surface area contributed by atoms with Gasteiger partial charge in [0, 0.05) is 24.5 Å². The van der Waals surface area contributed by atoms with Gasteiger partial charge in [-0.2, -0.15) is 31.4 Å². The van der Waals surface area contributed by atoms with Crippen LogP contribution in [0.1, 0.15) is 41.7 Å². The van der Waals surface area contributed by atoms with Gasteiger partial charge in [0.2, 0.25) is 0 Å². The molecule has 3 aromatic rings. The number of alkyl halides is 6. The molecule has 0 unspecified atom stereocenters. The molecule has 1 aliphatic rings. The Kier molecular flexibility index (Phi) is 5.97. The third kappa shape index (κ3) is 5.57. The van der Waals surface area contributed by atoms with Gasteiger partial charge in [-0.25, -0.2) is 4.98 Å². The molecule has 3 aromatic heterocycles. The molecule has 178 valence electrons. The first-order valence-corrected chi connectivity index (χ1v) is 10.2. The number of amides is 1. The van der Waals surface area contributed by atoms with E-state index in [1.165, 1.54) is 10.5 Å². The van der Waals surface area contributed by atoms with E-state index >= 15 is 0 Å². The fraction of sp³-hybridized carbons (Fsp3) is 0.450. The minimum atomic E-state index is -4.54. The van der Waals surface area contributed by atoms with Gasteiger partial charge in [0.25, 0.3) is 5.91 Å². The molecule has 0 aromatic carbocycles. The molecule has 1 fully saturated rings. The van der Waals surface area contributed by atoms with Crippen LogP contribution in [0.3, 0.4) is 0 Å². The van der Waals surface area contributed by atoms with Gasteiger partial charge in [0.15, 0.2) is 5.69 Å². The summed E-state index contributed by atoms with van der Waals surface area (Å²) in [7, 11) is 0. The highest BCUT2D eigenvalue weighted by molar-refractivity contribution is 5.93. The Bertz CT molecular complexity index is 1130. The van der Waals surface area contributed by atoms with Crippen molar-refractivity contribution in [2.75, 3.05) is 5.32 Å². The second kappa shape index (κ2) is 8.60. The van der Waals surface area contributed by atoms with Gasteiger partial charge >= 0.3 is 12.4 Å². The zero-order valence-electron chi connectivity index (χ0n) is 17.1. The number of nitrogens with zero attached hydrogens (tertiary/aromatic N) is 4. The van der Waals surface area contributed by atoms with Gasteiger partial charge in [-0.3, -0.25) is 13.9 Å². The number of anilines is 1. The number of nitrogens with one attached hydrogen (secondary N) is 2. The number of carbonyl (C=O) groups excluding carboxylic acids is 1. The maximum atomic E-state index is 13.0. The second-order valence-electron chi connectivity index (χ2n) is 7.97. The van der Waals surface area contributed by atoms with Crippen molar-refractivity contribution in [1.29, 1.82) is 0 Å². The number of fused-ring (bicyclic) bond motifs is 1. The number of carbonyl (C=O) groups is 1. The van der Waals surface area contributed by atoms with Crippen LogP contribution in [0.15, 0.2) is 36.8 Å². The average molecular weight is 474 g/mol. The fourth-order valence-electron chi connectivity index (χ4n) is 3.88. The van der Waals surface area contributed by atoms with E-state index in [9.17, 15) is 31.1 Å². The Labute approximate surface area is 183 Å². The highest BCUT2D eigenvalue weighted by Gasteiger charge is 2.34. The summed E-state index contributed by atoms with van der Waals surface area (Å²) in [6, 6.07) is 4.60. The van der Waals surface area contributed by atoms with Gasteiger partial charge in [0.05, 0.1) is 11.8 Å². The number of halogens is 6. The minimum Gasteiger partial charge on any atom is -0.368 e. The second-order valence-corrected chi connectivity index (χ2v) is 7.97. The number of hydrogen-bond donors (Lipinski definition) is 2. The standard InChI is InChI=1S/C20H20F6N6O/c21-19(22,23)11-31-9-12(8-27-31)18(33)29-14-6-4-13(5-7-14)28-16-2-1-3-17-30-15(10-32(16)17)20(24,25)26/h1-3,8-10,13-14,28H,4-7,11H2,(H,29,33)/t13-,14+. The summed E-state index contributed by atoms with van der Waals surface area (Å²) in [5.74, 6) is -0.0113. The molecule has 33 heavy (non-hydrogen) atoms. The van der Waals surface area contributed by atoms with Crippen LogP contribution in [0.5, 0.6) is 0 Å². The molecule has 4 rings (SSSR count). The predicted molar refractivity (Wildman–Crippen MR) is 106 cm³/mol. The van der Waals surface area contributed by atoms with Crippen LogP contribution < -0.4 is 10.6 Å². The van der Waals surface area contributed by atoms with E-state index in [1.54, 1.807) is 12.1 Å². The number of hydrogen-bond acceptors (Lipinski definition) is 4. The van der Waals surface area contributed by atoms with Crippen molar-refractivity contribution < 1.29 is 31.1 Å². The van der Waals surface area contributed by atoms with Crippen LogP contribution in [-0.4, -0.2) is 43.3 Å². The van der Waals surface area contributed by atoms with Crippen molar-refractivity contribution in [3.8, 4) is 0 Å². The third-order valence-corrected chi connectivity index (χ3v) is 5.43. The average Bonchev–Trinajstić information content (AvgIpc) is 3.35. The normalized spacial score (nSPS) is 19.6. The van der Waals surface area contributed by atoms with Crippen molar-refractivity contribution in [3.05, 3.63) is 48.0 Å². The molecule has 1 saturated carbocycles. The largest absolute Gasteiger partial charge is 0.434 e. The third-order valence-electron chi connectivity index (χ3n) is 5.43. The Hall–Kier alpha value is -3.25. The minimum absolute atomic E-state index is 0.0185. The van der Waals surface area contributed by atoms with Crippen LogP contribution in [0.2, 0.25) is 0 Å². The van der Waals surface area contributed by atoms with Gasteiger partial charge in [-0.1, -0.05) is 6.07 Å². The number of pyridine rings is 1. The molecule has 0 spiro atoms. The first kappa shape index (κ1) is 22.9. The summed E-state index contributed by atoms with van der Waals surface area (Å²) in [6.45, 7) is -1.27. The summed E-state index contributed by atoms with van der Waals surface area (Å²) in [5.41, 5.74) is -0.743. The molecule has 0 radical (unpaired) electrons. The van der Waals surface area contributed by atoms with E-state index in [2.05, 4.69) is 20.7 Å². The van der Waals surface area contributed by atoms with Crippen LogP contribution >= 0.6 is 0 Å². The molecular weight excluding hydrogens is 454 g/mol. The highest BCUT2D eigenvalue weighted by atomic mass is 19.4. The quantitative estimate of drug-likeness (QED) is 0.542. The van der Waals surface area contributed by atoms with Crippen molar-refractivity contribution in [2.24, 2.45) is 0 Å². The molecule has 3 heterocycles. The van der Waals surface area contributed by atoms with Gasteiger partial charge in [-0.15, -0.1) is 0 Å². The van der Waals surface area contributed by atoms with Crippen molar-refractivity contribution >= 4 is 17.4 Å². The van der Waals surface area contributed by atoms with E-state index in [0.29, 0.717) is 36.2 Å². The molecule has 0 saturated heterocycles. The summed E-state index contributed by atoms with van der Waals surface area (Å²) in [4.78, 5) is 15.9. The zero-order chi connectivity index (χ0) is 23.8. The summed E-state index contributed by atoms with van der Waals surface area (Å²) in [6.07, 6.45) is -3.37. The molecule has 0 bridgehead atoms. The van der Waals surface area contributed by atoms with Gasteiger partial charge in [0.1, 0.15) is 18.0 Å². The Morgan fingerprint density at radius 1 is 1.03 bits per heavy atom. The van der Waals surface area contributed by atoms with Crippen molar-refractivity contribution in [2.45, 2.75) is 56.7 Å². The Balaban J connectivity index is 1.32. The van der Waals surface area contributed by atoms with Crippen LogP contribution in [0.25, 0.3) is 5.65 Å². The molecule has 2 N–H and O–H groups in total. The number of rotatable bonds is 5. The van der Waals surface area contributed by atoms with Crippen molar-refractivity contribution in [3.63, 3.8) is 0 Å². The highest BCUT2D eigenvalue weighted by Crippen LogP contribution is 2.30. The lowest BCUT2D eigenvalue weighted by atomic mass is 9.91. The Morgan fingerprint density at radius 2 is 1.73 bits per heavy atom. The van der Waals surface area contributed by atoms with E-state index in [0.717, 1.165) is 18.6 Å². The van der Waals surface area contributed by atoms with E-state index in [4.69, 9.17) is 0 Å².